The fourth-order valence-electron chi connectivity index (χ4n) is 2.08. The zero-order chi connectivity index (χ0) is 16.7. The monoisotopic (exact) mass is 310 g/mol. The van der Waals surface area contributed by atoms with Gasteiger partial charge in [0.2, 0.25) is 0 Å². The van der Waals surface area contributed by atoms with E-state index < -0.39 is 12.2 Å². The number of carbonyl (C=O) groups excluding carboxylic acids is 1. The van der Waals surface area contributed by atoms with Crippen LogP contribution in [-0.2, 0) is 11.3 Å². The second-order valence-electron chi connectivity index (χ2n) is 5.17. The van der Waals surface area contributed by atoms with Crippen molar-refractivity contribution in [2.24, 2.45) is 0 Å². The molecule has 118 valence electrons. The molecule has 0 fully saturated rings. The summed E-state index contributed by atoms with van der Waals surface area (Å²) in [4.78, 5) is 13.3. The van der Waals surface area contributed by atoms with Gasteiger partial charge in [-0.1, -0.05) is 42.5 Å². The molecule has 1 amide bonds. The lowest BCUT2D eigenvalue weighted by atomic mass is 10.1. The van der Waals surface area contributed by atoms with Crippen LogP contribution in [0.15, 0.2) is 54.6 Å². The number of nitrogens with zero attached hydrogens (tertiary/aromatic N) is 2. The molecule has 1 atom stereocenters. The van der Waals surface area contributed by atoms with Gasteiger partial charge in [0.15, 0.2) is 0 Å². The van der Waals surface area contributed by atoms with Crippen LogP contribution in [0.3, 0.4) is 0 Å². The van der Waals surface area contributed by atoms with E-state index in [0.29, 0.717) is 11.1 Å². The summed E-state index contributed by atoms with van der Waals surface area (Å²) in [7, 11) is 1.56. The molecule has 0 saturated heterocycles. The van der Waals surface area contributed by atoms with E-state index in [2.05, 4.69) is 0 Å². The van der Waals surface area contributed by atoms with E-state index in [1.165, 1.54) is 4.90 Å². The number of rotatable bonds is 5. The Kier molecular flexibility index (Phi) is 5.73. The Morgan fingerprint density at radius 3 is 2.70 bits per heavy atom. The van der Waals surface area contributed by atoms with E-state index in [4.69, 9.17) is 10.00 Å². The quantitative estimate of drug-likeness (QED) is 0.921. The lowest BCUT2D eigenvalue weighted by molar-refractivity contribution is 0.0787. The number of aliphatic hydroxyl groups excluding tert-OH is 1. The molecule has 0 spiro atoms. The van der Waals surface area contributed by atoms with Crippen molar-refractivity contribution in [1.82, 2.24) is 4.90 Å². The van der Waals surface area contributed by atoms with Gasteiger partial charge < -0.3 is 14.7 Å². The van der Waals surface area contributed by atoms with Crippen molar-refractivity contribution in [3.8, 4) is 6.07 Å². The molecule has 0 aliphatic rings. The van der Waals surface area contributed by atoms with Gasteiger partial charge in [-0.3, -0.25) is 0 Å². The van der Waals surface area contributed by atoms with Gasteiger partial charge in [0.1, 0.15) is 6.61 Å². The van der Waals surface area contributed by atoms with Crippen LogP contribution in [0.25, 0.3) is 0 Å². The van der Waals surface area contributed by atoms with Crippen LogP contribution in [0.2, 0.25) is 0 Å². The van der Waals surface area contributed by atoms with Gasteiger partial charge in [-0.25, -0.2) is 4.79 Å². The van der Waals surface area contributed by atoms with Gasteiger partial charge in [0.05, 0.1) is 24.3 Å². The molecule has 2 aromatic rings. The lowest BCUT2D eigenvalue weighted by Gasteiger charge is -2.20. The van der Waals surface area contributed by atoms with Crippen LogP contribution in [0, 0.1) is 11.3 Å². The number of benzene rings is 2. The number of hydrogen-bond acceptors (Lipinski definition) is 4. The normalized spacial score (nSPS) is 11.3. The molecular weight excluding hydrogens is 292 g/mol. The smallest absolute Gasteiger partial charge is 0.409 e. The third-order valence-electron chi connectivity index (χ3n) is 3.36. The summed E-state index contributed by atoms with van der Waals surface area (Å²) >= 11 is 0. The fourth-order valence-corrected chi connectivity index (χ4v) is 2.08. The van der Waals surface area contributed by atoms with E-state index in [9.17, 15) is 9.90 Å². The zero-order valence-electron chi connectivity index (χ0n) is 12.8. The number of nitriles is 1. The predicted octanol–water partition coefficient (Wildman–Crippen LogP) is 2.86. The number of likely N-dealkylation sites (N-methyl/N-ethyl adjacent to an activating group) is 1. The van der Waals surface area contributed by atoms with E-state index in [1.54, 1.807) is 31.3 Å². The molecule has 5 nitrogen and oxygen atoms in total. The first-order chi connectivity index (χ1) is 11.1. The lowest BCUT2D eigenvalue weighted by Crippen LogP contribution is -2.31. The molecule has 0 bridgehead atoms. The van der Waals surface area contributed by atoms with Gasteiger partial charge in [-0.2, -0.15) is 5.26 Å². The highest BCUT2D eigenvalue weighted by atomic mass is 16.6. The summed E-state index contributed by atoms with van der Waals surface area (Å²) in [5.74, 6) is 0. The van der Waals surface area contributed by atoms with Gasteiger partial charge in [0.25, 0.3) is 0 Å². The molecule has 2 aromatic carbocycles. The largest absolute Gasteiger partial charge is 0.445 e. The Labute approximate surface area is 135 Å². The summed E-state index contributed by atoms with van der Waals surface area (Å²) in [5.41, 5.74) is 1.96. The first kappa shape index (κ1) is 16.5. The summed E-state index contributed by atoms with van der Waals surface area (Å²) in [5, 5.41) is 19.1. The molecule has 1 N–H and O–H groups in total. The highest BCUT2D eigenvalue weighted by Gasteiger charge is 2.16. The standard InChI is InChI=1S/C18H18N2O3/c1-20(18(22)23-13-14-6-3-2-4-7-14)12-17(21)16-9-5-8-15(10-16)11-19/h2-10,17,21H,12-13H2,1H3. The minimum Gasteiger partial charge on any atom is -0.445 e. The Bertz CT molecular complexity index is 695. The SMILES string of the molecule is CN(CC(O)c1cccc(C#N)c1)C(=O)OCc1ccccc1. The van der Waals surface area contributed by atoms with Crippen molar-refractivity contribution in [3.63, 3.8) is 0 Å². The van der Waals surface area contributed by atoms with Gasteiger partial charge in [-0.05, 0) is 23.3 Å². The third-order valence-corrected chi connectivity index (χ3v) is 3.36. The maximum absolute atomic E-state index is 11.9. The average molecular weight is 310 g/mol. The molecule has 0 aromatic heterocycles. The number of hydrogen-bond donors (Lipinski definition) is 1. The molecule has 2 rings (SSSR count). The van der Waals surface area contributed by atoms with Crippen LogP contribution in [0.5, 0.6) is 0 Å². The Morgan fingerprint density at radius 1 is 1.26 bits per heavy atom. The molecule has 0 heterocycles. The molecule has 0 radical (unpaired) electrons. The minimum atomic E-state index is -0.877. The van der Waals surface area contributed by atoms with Crippen LogP contribution in [-0.4, -0.2) is 29.7 Å². The average Bonchev–Trinajstić information content (AvgIpc) is 2.60. The first-order valence-electron chi connectivity index (χ1n) is 7.20. The Hall–Kier alpha value is -2.84. The topological polar surface area (TPSA) is 73.6 Å². The first-order valence-corrected chi connectivity index (χ1v) is 7.20. The maximum atomic E-state index is 11.9. The predicted molar refractivity (Wildman–Crippen MR) is 85.4 cm³/mol. The third kappa shape index (κ3) is 4.83. The van der Waals surface area contributed by atoms with Crippen LogP contribution in [0.1, 0.15) is 22.8 Å². The van der Waals surface area contributed by atoms with Crippen LogP contribution >= 0.6 is 0 Å². The summed E-state index contributed by atoms with van der Waals surface area (Å²) in [6, 6.07) is 18.1. The molecular formula is C18H18N2O3. The van der Waals surface area contributed by atoms with Gasteiger partial charge in [0, 0.05) is 7.05 Å². The summed E-state index contributed by atoms with van der Waals surface area (Å²) < 4.78 is 5.20. The van der Waals surface area contributed by atoms with E-state index in [0.717, 1.165) is 5.56 Å². The summed E-state index contributed by atoms with van der Waals surface area (Å²) in [6.07, 6.45) is -1.39. The second kappa shape index (κ2) is 7.97. The highest BCUT2D eigenvalue weighted by molar-refractivity contribution is 5.67. The number of carbonyl (C=O) groups is 1. The molecule has 0 aliphatic heterocycles. The molecule has 0 saturated carbocycles. The van der Waals surface area contributed by atoms with Crippen molar-refractivity contribution in [1.29, 1.82) is 5.26 Å². The molecule has 1 unspecified atom stereocenters. The number of aliphatic hydroxyl groups is 1. The molecule has 0 aliphatic carbocycles. The van der Waals surface area contributed by atoms with Crippen LogP contribution < -0.4 is 0 Å². The number of ether oxygens (including phenoxy) is 1. The highest BCUT2D eigenvalue weighted by Crippen LogP contribution is 2.16. The van der Waals surface area contributed by atoms with Gasteiger partial charge in [-0.15, -0.1) is 0 Å². The minimum absolute atomic E-state index is 0.0858. The number of amides is 1. The second-order valence-corrected chi connectivity index (χ2v) is 5.17. The van der Waals surface area contributed by atoms with Gasteiger partial charge >= 0.3 is 6.09 Å². The Balaban J connectivity index is 1.88. The van der Waals surface area contributed by atoms with Crippen molar-refractivity contribution < 1.29 is 14.6 Å². The van der Waals surface area contributed by atoms with E-state index in [1.807, 2.05) is 36.4 Å². The van der Waals surface area contributed by atoms with Crippen molar-refractivity contribution in [2.75, 3.05) is 13.6 Å². The van der Waals surface area contributed by atoms with E-state index >= 15 is 0 Å². The maximum Gasteiger partial charge on any atom is 0.409 e. The van der Waals surface area contributed by atoms with Crippen LogP contribution in [0.4, 0.5) is 4.79 Å². The van der Waals surface area contributed by atoms with Crippen molar-refractivity contribution >= 4 is 6.09 Å². The molecule has 5 heteroatoms. The van der Waals surface area contributed by atoms with Crippen molar-refractivity contribution in [2.45, 2.75) is 12.7 Å². The van der Waals surface area contributed by atoms with E-state index in [-0.39, 0.29) is 13.2 Å². The fraction of sp³-hybridized carbons (Fsp3) is 0.222. The Morgan fingerprint density at radius 2 is 2.00 bits per heavy atom. The molecule has 23 heavy (non-hydrogen) atoms. The van der Waals surface area contributed by atoms with Crippen molar-refractivity contribution in [3.05, 3.63) is 71.3 Å². The summed E-state index contributed by atoms with van der Waals surface area (Å²) in [6.45, 7) is 0.270. The zero-order valence-corrected chi connectivity index (χ0v) is 12.8.